The standard InChI is InChI=1S/C10H16O3/c1-7(11)2-3-8-4-5-9(12)10(13)6-8/h2-3,8-10,12-13H,4-6H2,1H3/b3-2+. The van der Waals surface area contributed by atoms with E-state index in [0.29, 0.717) is 12.8 Å². The molecule has 13 heavy (non-hydrogen) atoms. The fraction of sp³-hybridized carbons (Fsp3) is 0.700. The van der Waals surface area contributed by atoms with E-state index in [-0.39, 0.29) is 11.7 Å². The largest absolute Gasteiger partial charge is 0.390 e. The number of carbonyl (C=O) groups excluding carboxylic acids is 1. The second kappa shape index (κ2) is 4.53. The maximum Gasteiger partial charge on any atom is 0.152 e. The van der Waals surface area contributed by atoms with Crippen LogP contribution in [0.25, 0.3) is 0 Å². The molecule has 1 fully saturated rings. The Hall–Kier alpha value is -0.670. The summed E-state index contributed by atoms with van der Waals surface area (Å²) in [6.45, 7) is 1.50. The topological polar surface area (TPSA) is 57.5 Å². The highest BCUT2D eigenvalue weighted by molar-refractivity contribution is 5.87. The van der Waals surface area contributed by atoms with E-state index in [2.05, 4.69) is 0 Å². The van der Waals surface area contributed by atoms with Gasteiger partial charge in [-0.2, -0.15) is 0 Å². The minimum atomic E-state index is -0.629. The molecule has 1 aliphatic carbocycles. The van der Waals surface area contributed by atoms with E-state index in [1.165, 1.54) is 13.0 Å². The van der Waals surface area contributed by atoms with Gasteiger partial charge in [0.05, 0.1) is 12.2 Å². The Morgan fingerprint density at radius 3 is 2.54 bits per heavy atom. The van der Waals surface area contributed by atoms with Crippen molar-refractivity contribution in [1.82, 2.24) is 0 Å². The third-order valence-electron chi connectivity index (χ3n) is 2.42. The van der Waals surface area contributed by atoms with E-state index < -0.39 is 12.2 Å². The van der Waals surface area contributed by atoms with E-state index >= 15 is 0 Å². The highest BCUT2D eigenvalue weighted by atomic mass is 16.3. The summed E-state index contributed by atoms with van der Waals surface area (Å²) in [6, 6.07) is 0. The third-order valence-corrected chi connectivity index (χ3v) is 2.42. The first-order valence-electron chi connectivity index (χ1n) is 4.64. The molecule has 0 amide bonds. The van der Waals surface area contributed by atoms with Crippen LogP contribution in [0.5, 0.6) is 0 Å². The molecule has 0 radical (unpaired) electrons. The van der Waals surface area contributed by atoms with Crippen LogP contribution in [0.4, 0.5) is 0 Å². The average Bonchev–Trinajstić information content (AvgIpc) is 2.07. The summed E-state index contributed by atoms with van der Waals surface area (Å²) in [5, 5.41) is 18.6. The van der Waals surface area contributed by atoms with Crippen molar-refractivity contribution in [3.63, 3.8) is 0 Å². The minimum Gasteiger partial charge on any atom is -0.390 e. The first kappa shape index (κ1) is 10.4. The SMILES string of the molecule is CC(=O)/C=C/C1CCC(O)C(O)C1. The molecule has 2 N–H and O–H groups in total. The Kier molecular flexibility index (Phi) is 3.63. The van der Waals surface area contributed by atoms with Gasteiger partial charge in [-0.25, -0.2) is 0 Å². The lowest BCUT2D eigenvalue weighted by atomic mass is 9.85. The molecule has 0 aliphatic heterocycles. The fourth-order valence-electron chi connectivity index (χ4n) is 1.61. The van der Waals surface area contributed by atoms with Gasteiger partial charge in [-0.3, -0.25) is 4.79 Å². The summed E-state index contributed by atoms with van der Waals surface area (Å²) >= 11 is 0. The predicted molar refractivity (Wildman–Crippen MR) is 49.2 cm³/mol. The Bertz CT molecular complexity index is 210. The van der Waals surface area contributed by atoms with Crippen molar-refractivity contribution in [2.45, 2.75) is 38.4 Å². The molecule has 74 valence electrons. The molecule has 3 atom stereocenters. The van der Waals surface area contributed by atoms with Crippen LogP contribution >= 0.6 is 0 Å². The van der Waals surface area contributed by atoms with Gasteiger partial charge in [-0.15, -0.1) is 0 Å². The fourth-order valence-corrected chi connectivity index (χ4v) is 1.61. The van der Waals surface area contributed by atoms with Crippen molar-refractivity contribution in [2.24, 2.45) is 5.92 Å². The van der Waals surface area contributed by atoms with Crippen LogP contribution in [0.2, 0.25) is 0 Å². The summed E-state index contributed by atoms with van der Waals surface area (Å²) in [5.74, 6) is 0.267. The highest BCUT2D eigenvalue weighted by Gasteiger charge is 2.25. The molecule has 0 heterocycles. The van der Waals surface area contributed by atoms with E-state index in [1.807, 2.05) is 6.08 Å². The molecule has 1 saturated carbocycles. The Balaban J connectivity index is 2.42. The van der Waals surface area contributed by atoms with Crippen molar-refractivity contribution in [1.29, 1.82) is 0 Å². The Labute approximate surface area is 78.1 Å². The van der Waals surface area contributed by atoms with Crippen molar-refractivity contribution >= 4 is 5.78 Å². The van der Waals surface area contributed by atoms with Crippen LogP contribution in [-0.4, -0.2) is 28.2 Å². The lowest BCUT2D eigenvalue weighted by molar-refractivity contribution is -0.112. The first-order valence-corrected chi connectivity index (χ1v) is 4.64. The van der Waals surface area contributed by atoms with E-state index in [4.69, 9.17) is 0 Å². The van der Waals surface area contributed by atoms with Gasteiger partial charge >= 0.3 is 0 Å². The zero-order chi connectivity index (χ0) is 9.84. The second-order valence-corrected chi connectivity index (χ2v) is 3.68. The molecule has 0 saturated heterocycles. The maximum atomic E-state index is 10.6. The van der Waals surface area contributed by atoms with Crippen molar-refractivity contribution in [2.75, 3.05) is 0 Å². The molecule has 1 rings (SSSR count). The molecule has 0 aromatic heterocycles. The average molecular weight is 184 g/mol. The number of aliphatic hydroxyl groups is 2. The van der Waals surface area contributed by atoms with E-state index in [0.717, 1.165) is 6.42 Å². The van der Waals surface area contributed by atoms with Gasteiger partial charge in [0.15, 0.2) is 5.78 Å². The molecule has 0 aromatic carbocycles. The van der Waals surface area contributed by atoms with Gasteiger partial charge in [0.1, 0.15) is 0 Å². The molecule has 3 nitrogen and oxygen atoms in total. The van der Waals surface area contributed by atoms with E-state index in [1.54, 1.807) is 0 Å². The number of aliphatic hydroxyl groups excluding tert-OH is 2. The molecule has 3 heteroatoms. The van der Waals surface area contributed by atoms with Crippen LogP contribution in [0.15, 0.2) is 12.2 Å². The smallest absolute Gasteiger partial charge is 0.152 e. The number of ketones is 1. The van der Waals surface area contributed by atoms with Crippen LogP contribution in [0, 0.1) is 5.92 Å². The van der Waals surface area contributed by atoms with Crippen molar-refractivity contribution in [3.05, 3.63) is 12.2 Å². The molecular weight excluding hydrogens is 168 g/mol. The minimum absolute atomic E-state index is 0.0283. The van der Waals surface area contributed by atoms with Crippen molar-refractivity contribution in [3.8, 4) is 0 Å². The molecule has 0 aromatic rings. The second-order valence-electron chi connectivity index (χ2n) is 3.68. The van der Waals surface area contributed by atoms with Crippen LogP contribution in [-0.2, 0) is 4.79 Å². The lowest BCUT2D eigenvalue weighted by Gasteiger charge is -2.28. The number of carbonyl (C=O) groups is 1. The first-order chi connectivity index (χ1) is 6.09. The number of hydrogen-bond donors (Lipinski definition) is 2. The zero-order valence-corrected chi connectivity index (χ0v) is 7.81. The summed E-state index contributed by atoms with van der Waals surface area (Å²) in [6.07, 6.45) is 4.19. The summed E-state index contributed by atoms with van der Waals surface area (Å²) in [5.41, 5.74) is 0. The number of allylic oxidation sites excluding steroid dienone is 2. The Morgan fingerprint density at radius 1 is 1.31 bits per heavy atom. The summed E-state index contributed by atoms with van der Waals surface area (Å²) in [7, 11) is 0. The molecule has 1 aliphatic rings. The van der Waals surface area contributed by atoms with Gasteiger partial charge in [0.2, 0.25) is 0 Å². The van der Waals surface area contributed by atoms with Crippen LogP contribution < -0.4 is 0 Å². The van der Waals surface area contributed by atoms with Crippen LogP contribution in [0.1, 0.15) is 26.2 Å². The van der Waals surface area contributed by atoms with Crippen LogP contribution in [0.3, 0.4) is 0 Å². The number of hydrogen-bond acceptors (Lipinski definition) is 3. The molecule has 0 spiro atoms. The normalized spacial score (nSPS) is 35.2. The summed E-state index contributed by atoms with van der Waals surface area (Å²) < 4.78 is 0. The van der Waals surface area contributed by atoms with Crippen molar-refractivity contribution < 1.29 is 15.0 Å². The molecule has 3 unspecified atom stereocenters. The van der Waals surface area contributed by atoms with Gasteiger partial charge in [0.25, 0.3) is 0 Å². The third kappa shape index (κ3) is 3.28. The van der Waals surface area contributed by atoms with E-state index in [9.17, 15) is 15.0 Å². The zero-order valence-electron chi connectivity index (χ0n) is 7.81. The van der Waals surface area contributed by atoms with Gasteiger partial charge in [-0.1, -0.05) is 6.08 Å². The highest BCUT2D eigenvalue weighted by Crippen LogP contribution is 2.25. The van der Waals surface area contributed by atoms with Gasteiger partial charge in [-0.05, 0) is 38.2 Å². The van der Waals surface area contributed by atoms with Gasteiger partial charge < -0.3 is 10.2 Å². The quantitative estimate of drug-likeness (QED) is 0.620. The monoisotopic (exact) mass is 184 g/mol. The lowest BCUT2D eigenvalue weighted by Crippen LogP contribution is -2.32. The molecular formula is C10H16O3. The summed E-state index contributed by atoms with van der Waals surface area (Å²) in [4.78, 5) is 10.6. The number of rotatable bonds is 2. The van der Waals surface area contributed by atoms with Gasteiger partial charge in [0, 0.05) is 0 Å². The Morgan fingerprint density at radius 2 is 2.00 bits per heavy atom. The molecule has 0 bridgehead atoms. The predicted octanol–water partition coefficient (Wildman–Crippen LogP) is 0.653. The maximum absolute atomic E-state index is 10.6.